The highest BCUT2D eigenvalue weighted by Crippen LogP contribution is 2.17. The van der Waals surface area contributed by atoms with Gasteiger partial charge in [0.1, 0.15) is 0 Å². The van der Waals surface area contributed by atoms with Gasteiger partial charge >= 0.3 is 0 Å². The van der Waals surface area contributed by atoms with Crippen LogP contribution in [-0.2, 0) is 6.54 Å². The minimum atomic E-state index is 0.0360. The first-order valence-electron chi connectivity index (χ1n) is 7.87. The lowest BCUT2D eigenvalue weighted by molar-refractivity contribution is 0.159. The van der Waals surface area contributed by atoms with Gasteiger partial charge < -0.3 is 20.1 Å². The Hall–Kier alpha value is -1.33. The molecule has 1 fully saturated rings. The molecular formula is C16H28N4O. The summed E-state index contributed by atoms with van der Waals surface area (Å²) in [5, 5.41) is 0. The number of aromatic nitrogens is 1. The Balaban J connectivity index is 1.70. The third-order valence-electron chi connectivity index (χ3n) is 4.21. The van der Waals surface area contributed by atoms with Gasteiger partial charge in [-0.05, 0) is 65.0 Å². The van der Waals surface area contributed by atoms with Crippen molar-refractivity contribution in [2.45, 2.75) is 25.8 Å². The van der Waals surface area contributed by atoms with Crippen LogP contribution in [0, 0.1) is 5.92 Å². The molecule has 2 rings (SSSR count). The summed E-state index contributed by atoms with van der Waals surface area (Å²) in [7, 11) is 4.30. The lowest BCUT2D eigenvalue weighted by atomic mass is 9.96. The van der Waals surface area contributed by atoms with Gasteiger partial charge in [0.2, 0.25) is 0 Å². The predicted molar refractivity (Wildman–Crippen MR) is 87.4 cm³/mol. The fourth-order valence-corrected chi connectivity index (χ4v) is 3.10. The normalized spacial score (nSPS) is 17.5. The van der Waals surface area contributed by atoms with Gasteiger partial charge in [-0.1, -0.05) is 0 Å². The van der Waals surface area contributed by atoms with Gasteiger partial charge in [0.25, 0.3) is 5.56 Å². The topological polar surface area (TPSA) is 54.5 Å². The summed E-state index contributed by atoms with van der Waals surface area (Å²) in [6.07, 6.45) is 5.32. The first-order valence-corrected chi connectivity index (χ1v) is 7.87. The number of likely N-dealkylation sites (tertiary alicyclic amines) is 1. The van der Waals surface area contributed by atoms with Gasteiger partial charge in [-0.3, -0.25) is 4.79 Å². The molecule has 0 amide bonds. The summed E-state index contributed by atoms with van der Waals surface area (Å²) in [4.78, 5) is 16.5. The monoisotopic (exact) mass is 292 g/mol. The first-order chi connectivity index (χ1) is 10.0. The number of nitrogens with two attached hydrogens (primary N) is 1. The van der Waals surface area contributed by atoms with E-state index in [1.165, 1.54) is 32.5 Å². The molecule has 0 aromatic carbocycles. The molecule has 5 nitrogen and oxygen atoms in total. The highest BCUT2D eigenvalue weighted by Gasteiger charge is 2.19. The van der Waals surface area contributed by atoms with Crippen molar-refractivity contribution < 1.29 is 0 Å². The molecular weight excluding hydrogens is 264 g/mol. The molecule has 2 heterocycles. The zero-order valence-electron chi connectivity index (χ0n) is 13.3. The Bertz CT molecular complexity index is 489. The second-order valence-corrected chi connectivity index (χ2v) is 6.39. The van der Waals surface area contributed by atoms with E-state index in [0.717, 1.165) is 25.4 Å². The van der Waals surface area contributed by atoms with Crippen LogP contribution in [0.3, 0.4) is 0 Å². The zero-order chi connectivity index (χ0) is 15.2. The molecule has 0 spiro atoms. The molecule has 2 N–H and O–H groups in total. The van der Waals surface area contributed by atoms with Crippen LogP contribution in [0.5, 0.6) is 0 Å². The van der Waals surface area contributed by atoms with Crippen molar-refractivity contribution in [1.82, 2.24) is 14.4 Å². The summed E-state index contributed by atoms with van der Waals surface area (Å²) in [6, 6.07) is 3.20. The molecule has 0 saturated carbocycles. The molecule has 5 heteroatoms. The molecule has 0 aliphatic carbocycles. The fourth-order valence-electron chi connectivity index (χ4n) is 3.10. The Morgan fingerprint density at radius 1 is 1.24 bits per heavy atom. The van der Waals surface area contributed by atoms with Gasteiger partial charge in [-0.25, -0.2) is 0 Å². The third kappa shape index (κ3) is 5.17. The number of hydrogen-bond acceptors (Lipinski definition) is 4. The number of piperidine rings is 1. The molecule has 0 atom stereocenters. The van der Waals surface area contributed by atoms with Gasteiger partial charge in [0.15, 0.2) is 0 Å². The number of nitrogen functional groups attached to an aromatic ring is 1. The lowest BCUT2D eigenvalue weighted by Gasteiger charge is -2.33. The van der Waals surface area contributed by atoms with E-state index in [2.05, 4.69) is 23.9 Å². The van der Waals surface area contributed by atoms with E-state index in [1.54, 1.807) is 22.9 Å². The van der Waals surface area contributed by atoms with Crippen LogP contribution in [0.2, 0.25) is 0 Å². The molecule has 1 aromatic rings. The smallest absolute Gasteiger partial charge is 0.250 e. The average molecular weight is 292 g/mol. The van der Waals surface area contributed by atoms with E-state index < -0.39 is 0 Å². The maximum absolute atomic E-state index is 11.7. The first kappa shape index (κ1) is 16.0. The van der Waals surface area contributed by atoms with Crippen molar-refractivity contribution in [3.63, 3.8) is 0 Å². The van der Waals surface area contributed by atoms with E-state index in [0.29, 0.717) is 5.69 Å². The highest BCUT2D eigenvalue weighted by molar-refractivity contribution is 5.33. The van der Waals surface area contributed by atoms with Crippen LogP contribution in [0.25, 0.3) is 0 Å². The Kier molecular flexibility index (Phi) is 5.82. The molecule has 0 unspecified atom stereocenters. The molecule has 118 valence electrons. The molecule has 1 aliphatic heterocycles. The molecule has 0 radical (unpaired) electrons. The van der Waals surface area contributed by atoms with E-state index in [-0.39, 0.29) is 5.56 Å². The van der Waals surface area contributed by atoms with E-state index in [9.17, 15) is 4.79 Å². The Labute approximate surface area is 127 Å². The van der Waals surface area contributed by atoms with Crippen molar-refractivity contribution in [3.8, 4) is 0 Å². The second kappa shape index (κ2) is 7.61. The van der Waals surface area contributed by atoms with E-state index >= 15 is 0 Å². The summed E-state index contributed by atoms with van der Waals surface area (Å²) >= 11 is 0. The molecule has 1 saturated heterocycles. The summed E-state index contributed by atoms with van der Waals surface area (Å²) in [6.45, 7) is 5.39. The summed E-state index contributed by atoms with van der Waals surface area (Å²) < 4.78 is 1.72. The number of aryl methyl sites for hydroxylation is 1. The number of pyridine rings is 1. The molecule has 0 bridgehead atoms. The standard InChI is InChI=1S/C16H28N4O/c1-18(2)12-14-6-10-19(11-7-14)8-3-9-20-13-15(17)4-5-16(20)21/h4-5,13-14H,3,6-12,17H2,1-2H3. The van der Waals surface area contributed by atoms with Gasteiger partial charge in [-0.15, -0.1) is 0 Å². The average Bonchev–Trinajstić information content (AvgIpc) is 2.44. The number of rotatable bonds is 6. The van der Waals surface area contributed by atoms with Crippen LogP contribution in [-0.4, -0.2) is 54.6 Å². The van der Waals surface area contributed by atoms with Gasteiger partial charge in [0.05, 0.1) is 0 Å². The Morgan fingerprint density at radius 3 is 2.62 bits per heavy atom. The quantitative estimate of drug-likeness (QED) is 0.853. The Morgan fingerprint density at radius 2 is 1.95 bits per heavy atom. The summed E-state index contributed by atoms with van der Waals surface area (Å²) in [5.41, 5.74) is 6.41. The van der Waals surface area contributed by atoms with Crippen LogP contribution in [0.4, 0.5) is 5.69 Å². The number of hydrogen-bond donors (Lipinski definition) is 1. The maximum atomic E-state index is 11.7. The summed E-state index contributed by atoms with van der Waals surface area (Å²) in [5.74, 6) is 0.841. The predicted octanol–water partition coefficient (Wildman–Crippen LogP) is 1.09. The lowest BCUT2D eigenvalue weighted by Crippen LogP contribution is -2.38. The van der Waals surface area contributed by atoms with Crippen molar-refractivity contribution in [2.75, 3.05) is 46.0 Å². The second-order valence-electron chi connectivity index (χ2n) is 6.39. The van der Waals surface area contributed by atoms with Crippen LogP contribution in [0.15, 0.2) is 23.1 Å². The number of anilines is 1. The maximum Gasteiger partial charge on any atom is 0.250 e. The minimum absolute atomic E-state index is 0.0360. The molecule has 1 aromatic heterocycles. The third-order valence-corrected chi connectivity index (χ3v) is 4.21. The van der Waals surface area contributed by atoms with E-state index in [4.69, 9.17) is 5.73 Å². The van der Waals surface area contributed by atoms with Crippen LogP contribution in [0.1, 0.15) is 19.3 Å². The zero-order valence-corrected chi connectivity index (χ0v) is 13.3. The fraction of sp³-hybridized carbons (Fsp3) is 0.688. The number of nitrogens with zero attached hydrogens (tertiary/aromatic N) is 3. The van der Waals surface area contributed by atoms with Gasteiger partial charge in [-0.2, -0.15) is 0 Å². The van der Waals surface area contributed by atoms with Crippen LogP contribution < -0.4 is 11.3 Å². The van der Waals surface area contributed by atoms with Crippen molar-refractivity contribution in [1.29, 1.82) is 0 Å². The molecule has 21 heavy (non-hydrogen) atoms. The van der Waals surface area contributed by atoms with E-state index in [1.807, 2.05) is 0 Å². The highest BCUT2D eigenvalue weighted by atomic mass is 16.1. The van der Waals surface area contributed by atoms with Crippen molar-refractivity contribution >= 4 is 5.69 Å². The molecule has 1 aliphatic rings. The van der Waals surface area contributed by atoms with Crippen LogP contribution >= 0.6 is 0 Å². The van der Waals surface area contributed by atoms with Gasteiger partial charge in [0, 0.05) is 31.0 Å². The van der Waals surface area contributed by atoms with Crippen molar-refractivity contribution in [3.05, 3.63) is 28.7 Å². The largest absolute Gasteiger partial charge is 0.398 e. The van der Waals surface area contributed by atoms with Crippen molar-refractivity contribution in [2.24, 2.45) is 5.92 Å². The SMILES string of the molecule is CN(C)CC1CCN(CCCn2cc(N)ccc2=O)CC1. The minimum Gasteiger partial charge on any atom is -0.398 e.